The predicted molar refractivity (Wildman–Crippen MR) is 82.9 cm³/mol. The lowest BCUT2D eigenvalue weighted by molar-refractivity contribution is 0.485. The van der Waals surface area contributed by atoms with Crippen LogP contribution in [0.2, 0.25) is 5.02 Å². The van der Waals surface area contributed by atoms with Crippen molar-refractivity contribution in [1.29, 1.82) is 0 Å². The molecular weight excluding hydrogens is 310 g/mol. The number of halogens is 1. The van der Waals surface area contributed by atoms with Crippen LogP contribution >= 0.6 is 11.6 Å². The predicted octanol–water partition coefficient (Wildman–Crippen LogP) is 2.52. The molecule has 0 saturated carbocycles. The van der Waals surface area contributed by atoms with Gasteiger partial charge in [-0.15, -0.1) is 0 Å². The molecular formula is C14H18ClN3O2S. The molecule has 0 amide bonds. The highest BCUT2D eigenvalue weighted by atomic mass is 35.5. The second-order valence-electron chi connectivity index (χ2n) is 5.09. The van der Waals surface area contributed by atoms with Gasteiger partial charge >= 0.3 is 0 Å². The minimum Gasteiger partial charge on any atom is -0.268 e. The number of hydrogen-bond acceptors (Lipinski definition) is 3. The van der Waals surface area contributed by atoms with E-state index in [9.17, 15) is 8.42 Å². The van der Waals surface area contributed by atoms with Crippen LogP contribution in [0.3, 0.4) is 0 Å². The van der Waals surface area contributed by atoms with Gasteiger partial charge in [-0.25, -0.2) is 13.1 Å². The quantitative estimate of drug-likeness (QED) is 0.917. The molecule has 0 fully saturated rings. The van der Waals surface area contributed by atoms with E-state index in [0.717, 1.165) is 11.4 Å². The van der Waals surface area contributed by atoms with Crippen LogP contribution in [0.5, 0.6) is 0 Å². The van der Waals surface area contributed by atoms with E-state index >= 15 is 0 Å². The minimum absolute atomic E-state index is 0.201. The van der Waals surface area contributed by atoms with Crippen molar-refractivity contribution in [2.75, 3.05) is 0 Å². The topological polar surface area (TPSA) is 64.0 Å². The molecule has 1 N–H and O–H groups in total. The lowest BCUT2D eigenvalue weighted by atomic mass is 10.3. The highest BCUT2D eigenvalue weighted by Gasteiger charge is 2.18. The summed E-state index contributed by atoms with van der Waals surface area (Å²) in [7, 11) is -3.55. The molecule has 2 aromatic rings. The van der Waals surface area contributed by atoms with E-state index in [1.165, 1.54) is 12.1 Å². The summed E-state index contributed by atoms with van der Waals surface area (Å²) >= 11 is 5.77. The van der Waals surface area contributed by atoms with Crippen LogP contribution in [-0.4, -0.2) is 24.2 Å². The second-order valence-corrected chi connectivity index (χ2v) is 7.24. The molecule has 114 valence electrons. The molecule has 1 heterocycles. The Bertz CT molecular complexity index is 723. The van der Waals surface area contributed by atoms with Crippen LogP contribution < -0.4 is 4.72 Å². The van der Waals surface area contributed by atoms with Crippen molar-refractivity contribution in [3.8, 4) is 0 Å². The Kier molecular flexibility index (Phi) is 4.70. The van der Waals surface area contributed by atoms with E-state index in [1.54, 1.807) is 16.8 Å². The molecule has 0 aliphatic heterocycles. The Hall–Kier alpha value is -1.37. The first kappa shape index (κ1) is 16.0. The van der Waals surface area contributed by atoms with Gasteiger partial charge in [0, 0.05) is 16.8 Å². The Labute approximate surface area is 130 Å². The summed E-state index contributed by atoms with van der Waals surface area (Å²) in [5, 5.41) is 4.83. The Morgan fingerprint density at radius 1 is 1.29 bits per heavy atom. The van der Waals surface area contributed by atoms with Crippen molar-refractivity contribution in [1.82, 2.24) is 14.5 Å². The number of rotatable bonds is 5. The molecule has 0 spiro atoms. The highest BCUT2D eigenvalue weighted by Crippen LogP contribution is 2.14. The molecule has 5 nitrogen and oxygen atoms in total. The highest BCUT2D eigenvalue weighted by molar-refractivity contribution is 7.89. The Balaban J connectivity index is 2.09. The van der Waals surface area contributed by atoms with Crippen molar-refractivity contribution in [2.45, 2.75) is 38.3 Å². The van der Waals surface area contributed by atoms with Crippen molar-refractivity contribution in [3.63, 3.8) is 0 Å². The van der Waals surface area contributed by atoms with Crippen LogP contribution in [0.25, 0.3) is 0 Å². The molecule has 1 aromatic heterocycles. The maximum Gasteiger partial charge on any atom is 0.240 e. The summed E-state index contributed by atoms with van der Waals surface area (Å²) in [6, 6.07) is 7.77. The zero-order chi connectivity index (χ0) is 15.6. The SMILES string of the molecule is Cc1cc(C)n(CC(C)NS(=O)(=O)c2ccc(Cl)cc2)n1. The first-order valence-electron chi connectivity index (χ1n) is 6.57. The van der Waals surface area contributed by atoms with Gasteiger partial charge in [0.25, 0.3) is 0 Å². The van der Waals surface area contributed by atoms with E-state index < -0.39 is 10.0 Å². The normalized spacial score (nSPS) is 13.3. The monoisotopic (exact) mass is 327 g/mol. The summed E-state index contributed by atoms with van der Waals surface area (Å²) in [6.07, 6.45) is 0. The van der Waals surface area contributed by atoms with Crippen LogP contribution in [0.4, 0.5) is 0 Å². The molecule has 1 atom stereocenters. The lowest BCUT2D eigenvalue weighted by Crippen LogP contribution is -2.36. The first-order valence-corrected chi connectivity index (χ1v) is 8.43. The molecule has 0 bridgehead atoms. The molecule has 1 aromatic carbocycles. The van der Waals surface area contributed by atoms with Gasteiger partial charge in [0.15, 0.2) is 0 Å². The zero-order valence-electron chi connectivity index (χ0n) is 12.2. The standard InChI is InChI=1S/C14H18ClN3O2S/c1-10-8-12(3)18(16-10)9-11(2)17-21(19,20)14-6-4-13(15)5-7-14/h4-8,11,17H,9H2,1-3H3. The third kappa shape index (κ3) is 4.06. The van der Waals surface area contributed by atoms with Crippen LogP contribution in [0.15, 0.2) is 35.2 Å². The Morgan fingerprint density at radius 3 is 2.43 bits per heavy atom. The zero-order valence-corrected chi connectivity index (χ0v) is 13.7. The van der Waals surface area contributed by atoms with E-state index in [4.69, 9.17) is 11.6 Å². The third-order valence-corrected chi connectivity index (χ3v) is 4.89. The average molecular weight is 328 g/mol. The van der Waals surface area contributed by atoms with Gasteiger partial charge in [-0.3, -0.25) is 4.68 Å². The molecule has 1 unspecified atom stereocenters. The third-order valence-electron chi connectivity index (χ3n) is 3.03. The van der Waals surface area contributed by atoms with Crippen molar-refractivity contribution in [2.24, 2.45) is 0 Å². The van der Waals surface area contributed by atoms with Gasteiger partial charge < -0.3 is 0 Å². The summed E-state index contributed by atoms with van der Waals surface area (Å²) in [4.78, 5) is 0.201. The maximum absolute atomic E-state index is 12.3. The maximum atomic E-state index is 12.3. The van der Waals surface area contributed by atoms with Crippen molar-refractivity contribution >= 4 is 21.6 Å². The molecule has 0 aliphatic carbocycles. The average Bonchev–Trinajstić information content (AvgIpc) is 2.67. The number of nitrogens with one attached hydrogen (secondary N) is 1. The summed E-state index contributed by atoms with van der Waals surface area (Å²) in [5.41, 5.74) is 1.92. The van der Waals surface area contributed by atoms with Crippen molar-refractivity contribution in [3.05, 3.63) is 46.7 Å². The van der Waals surface area contributed by atoms with Crippen molar-refractivity contribution < 1.29 is 8.42 Å². The van der Waals surface area contributed by atoms with Gasteiger partial charge in [0.1, 0.15) is 0 Å². The number of sulfonamides is 1. The fourth-order valence-electron chi connectivity index (χ4n) is 2.10. The number of nitrogens with zero attached hydrogens (tertiary/aromatic N) is 2. The Morgan fingerprint density at radius 2 is 1.90 bits per heavy atom. The lowest BCUT2D eigenvalue weighted by Gasteiger charge is -2.15. The van der Waals surface area contributed by atoms with E-state index in [-0.39, 0.29) is 10.9 Å². The van der Waals surface area contributed by atoms with Gasteiger partial charge in [-0.2, -0.15) is 5.10 Å². The van der Waals surface area contributed by atoms with Gasteiger partial charge in [0.2, 0.25) is 10.0 Å². The largest absolute Gasteiger partial charge is 0.268 e. The first-order chi connectivity index (χ1) is 9.78. The fourth-order valence-corrected chi connectivity index (χ4v) is 3.46. The number of aromatic nitrogens is 2. The molecule has 0 aliphatic rings. The van der Waals surface area contributed by atoms with Gasteiger partial charge in [0.05, 0.1) is 17.1 Å². The van der Waals surface area contributed by atoms with Gasteiger partial charge in [-0.05, 0) is 51.1 Å². The minimum atomic E-state index is -3.55. The van der Waals surface area contributed by atoms with Gasteiger partial charge in [-0.1, -0.05) is 11.6 Å². The van der Waals surface area contributed by atoms with E-state index in [0.29, 0.717) is 11.6 Å². The molecule has 7 heteroatoms. The van der Waals surface area contributed by atoms with Crippen LogP contribution in [-0.2, 0) is 16.6 Å². The van der Waals surface area contributed by atoms with Crippen LogP contribution in [0, 0.1) is 13.8 Å². The molecule has 2 rings (SSSR count). The number of benzene rings is 1. The molecule has 21 heavy (non-hydrogen) atoms. The summed E-state index contributed by atoms with van der Waals surface area (Å²) in [6.45, 7) is 6.14. The molecule has 0 saturated heterocycles. The number of aryl methyl sites for hydroxylation is 2. The van der Waals surface area contributed by atoms with Crippen LogP contribution in [0.1, 0.15) is 18.3 Å². The molecule has 0 radical (unpaired) electrons. The van der Waals surface area contributed by atoms with E-state index in [2.05, 4.69) is 9.82 Å². The second kappa shape index (κ2) is 6.17. The smallest absolute Gasteiger partial charge is 0.240 e. The number of hydrogen-bond donors (Lipinski definition) is 1. The fraction of sp³-hybridized carbons (Fsp3) is 0.357. The summed E-state index contributed by atoms with van der Waals surface area (Å²) in [5.74, 6) is 0. The summed E-state index contributed by atoms with van der Waals surface area (Å²) < 4.78 is 28.9. The van der Waals surface area contributed by atoms with E-state index in [1.807, 2.05) is 26.8 Å².